The third-order valence-electron chi connectivity index (χ3n) is 4.20. The van der Waals surface area contributed by atoms with Gasteiger partial charge in [-0.1, -0.05) is 74.1 Å². The van der Waals surface area contributed by atoms with Crippen LogP contribution in [0, 0.1) is 11.8 Å². The van der Waals surface area contributed by atoms with Crippen LogP contribution in [0.5, 0.6) is 0 Å². The third-order valence-corrected chi connectivity index (χ3v) is 4.20. The molecule has 0 heterocycles. The quantitative estimate of drug-likeness (QED) is 0.629. The zero-order valence-electron chi connectivity index (χ0n) is 9.86. The van der Waals surface area contributed by atoms with E-state index in [2.05, 4.69) is 36.5 Å². The fraction of sp³-hybridized carbons (Fsp3) is 0.500. The Kier molecular flexibility index (Phi) is 2.82. The zero-order chi connectivity index (χ0) is 10.8. The second-order valence-electron chi connectivity index (χ2n) is 5.34. The number of fused-ring (bicyclic) bond motifs is 1. The molecule has 0 aromatic heterocycles. The SMILES string of the molecule is C1=CC2=CC=C(CC3CCCCC3)C2C=C1. The number of hydrogen-bond acceptors (Lipinski definition) is 0. The minimum absolute atomic E-state index is 0.618. The summed E-state index contributed by atoms with van der Waals surface area (Å²) in [5, 5.41) is 0. The molecule has 0 heteroatoms. The summed E-state index contributed by atoms with van der Waals surface area (Å²) in [4.78, 5) is 0. The lowest BCUT2D eigenvalue weighted by molar-refractivity contribution is 0.352. The highest BCUT2D eigenvalue weighted by molar-refractivity contribution is 5.47. The molecule has 0 bridgehead atoms. The molecule has 1 atom stereocenters. The molecule has 16 heavy (non-hydrogen) atoms. The molecule has 0 saturated heterocycles. The molecule has 0 N–H and O–H groups in total. The Morgan fingerprint density at radius 1 is 1.00 bits per heavy atom. The van der Waals surface area contributed by atoms with E-state index in [0.29, 0.717) is 5.92 Å². The molecule has 0 radical (unpaired) electrons. The average Bonchev–Trinajstić information content (AvgIpc) is 2.74. The van der Waals surface area contributed by atoms with Gasteiger partial charge in [0, 0.05) is 5.92 Å². The minimum Gasteiger partial charge on any atom is -0.0730 e. The highest BCUT2D eigenvalue weighted by Gasteiger charge is 2.23. The van der Waals surface area contributed by atoms with Crippen molar-refractivity contribution in [3.05, 3.63) is 47.6 Å². The summed E-state index contributed by atoms with van der Waals surface area (Å²) in [5.41, 5.74) is 3.15. The molecule has 0 aromatic rings. The van der Waals surface area contributed by atoms with Crippen molar-refractivity contribution in [3.63, 3.8) is 0 Å². The van der Waals surface area contributed by atoms with E-state index in [0.717, 1.165) is 5.92 Å². The predicted molar refractivity (Wildman–Crippen MR) is 69.1 cm³/mol. The summed E-state index contributed by atoms with van der Waals surface area (Å²) in [6.07, 6.45) is 22.3. The standard InChI is InChI=1S/C16H20/c1-2-6-13(7-3-1)12-15-11-10-14-8-4-5-9-16(14)15/h4-5,8-11,13,16H,1-3,6-7,12H2. The summed E-state index contributed by atoms with van der Waals surface area (Å²) in [7, 11) is 0. The van der Waals surface area contributed by atoms with Crippen LogP contribution in [-0.2, 0) is 0 Å². The molecule has 1 unspecified atom stereocenters. The van der Waals surface area contributed by atoms with Crippen molar-refractivity contribution in [2.75, 3.05) is 0 Å². The predicted octanol–water partition coefficient (Wildman–Crippen LogP) is 4.57. The van der Waals surface area contributed by atoms with E-state index in [1.54, 1.807) is 5.57 Å². The van der Waals surface area contributed by atoms with Crippen LogP contribution in [0.25, 0.3) is 0 Å². The van der Waals surface area contributed by atoms with Crippen LogP contribution in [0.15, 0.2) is 47.6 Å². The maximum Gasteiger partial charge on any atom is 0.0234 e. The molecular weight excluding hydrogens is 192 g/mol. The van der Waals surface area contributed by atoms with E-state index < -0.39 is 0 Å². The Morgan fingerprint density at radius 2 is 1.88 bits per heavy atom. The van der Waals surface area contributed by atoms with Crippen LogP contribution in [0.4, 0.5) is 0 Å². The first kappa shape index (κ1) is 10.1. The summed E-state index contributed by atoms with van der Waals surface area (Å²) < 4.78 is 0. The van der Waals surface area contributed by atoms with Gasteiger partial charge in [-0.2, -0.15) is 0 Å². The molecule has 3 aliphatic carbocycles. The second-order valence-corrected chi connectivity index (χ2v) is 5.34. The van der Waals surface area contributed by atoms with Crippen molar-refractivity contribution in [3.8, 4) is 0 Å². The van der Waals surface area contributed by atoms with Crippen molar-refractivity contribution < 1.29 is 0 Å². The van der Waals surface area contributed by atoms with Gasteiger partial charge in [0.05, 0.1) is 0 Å². The first-order valence-electron chi connectivity index (χ1n) is 6.69. The largest absolute Gasteiger partial charge is 0.0730 e. The van der Waals surface area contributed by atoms with Crippen molar-refractivity contribution in [2.45, 2.75) is 38.5 Å². The Labute approximate surface area is 98.4 Å². The topological polar surface area (TPSA) is 0 Å². The first-order chi connectivity index (χ1) is 7.93. The van der Waals surface area contributed by atoms with Gasteiger partial charge in [0.15, 0.2) is 0 Å². The fourth-order valence-corrected chi connectivity index (χ4v) is 3.28. The molecule has 84 valence electrons. The summed E-state index contributed by atoms with van der Waals surface area (Å²) >= 11 is 0. The number of hydrogen-bond donors (Lipinski definition) is 0. The van der Waals surface area contributed by atoms with Gasteiger partial charge < -0.3 is 0 Å². The highest BCUT2D eigenvalue weighted by Crippen LogP contribution is 2.38. The van der Waals surface area contributed by atoms with E-state index in [1.807, 2.05) is 0 Å². The molecular formula is C16H20. The lowest BCUT2D eigenvalue weighted by atomic mass is 9.81. The van der Waals surface area contributed by atoms with E-state index >= 15 is 0 Å². The van der Waals surface area contributed by atoms with E-state index in [-0.39, 0.29) is 0 Å². The van der Waals surface area contributed by atoms with E-state index in [1.165, 1.54) is 44.1 Å². The summed E-state index contributed by atoms with van der Waals surface area (Å²) in [6.45, 7) is 0. The Morgan fingerprint density at radius 3 is 2.75 bits per heavy atom. The molecule has 3 rings (SSSR count). The van der Waals surface area contributed by atoms with Crippen LogP contribution in [-0.4, -0.2) is 0 Å². The summed E-state index contributed by atoms with van der Waals surface area (Å²) in [6, 6.07) is 0. The van der Waals surface area contributed by atoms with Gasteiger partial charge in [0.25, 0.3) is 0 Å². The highest BCUT2D eigenvalue weighted by atomic mass is 14.3. The number of allylic oxidation sites excluding steroid dienone is 8. The maximum absolute atomic E-state index is 2.37. The maximum atomic E-state index is 2.37. The monoisotopic (exact) mass is 212 g/mol. The van der Waals surface area contributed by atoms with Gasteiger partial charge >= 0.3 is 0 Å². The van der Waals surface area contributed by atoms with Gasteiger partial charge in [0.2, 0.25) is 0 Å². The smallest absolute Gasteiger partial charge is 0.0234 e. The van der Waals surface area contributed by atoms with Crippen molar-refractivity contribution in [2.24, 2.45) is 11.8 Å². The van der Waals surface area contributed by atoms with Crippen LogP contribution >= 0.6 is 0 Å². The lowest BCUT2D eigenvalue weighted by Crippen LogP contribution is -2.10. The first-order valence-corrected chi connectivity index (χ1v) is 6.69. The zero-order valence-corrected chi connectivity index (χ0v) is 9.86. The molecule has 3 aliphatic rings. The van der Waals surface area contributed by atoms with Gasteiger partial charge in [-0.15, -0.1) is 0 Å². The van der Waals surface area contributed by atoms with Crippen LogP contribution in [0.2, 0.25) is 0 Å². The molecule has 1 saturated carbocycles. The van der Waals surface area contributed by atoms with Gasteiger partial charge in [-0.3, -0.25) is 0 Å². The van der Waals surface area contributed by atoms with Crippen LogP contribution in [0.3, 0.4) is 0 Å². The van der Waals surface area contributed by atoms with Crippen LogP contribution < -0.4 is 0 Å². The minimum atomic E-state index is 0.618. The number of rotatable bonds is 2. The Bertz CT molecular complexity index is 373. The van der Waals surface area contributed by atoms with E-state index in [4.69, 9.17) is 0 Å². The van der Waals surface area contributed by atoms with Crippen LogP contribution in [0.1, 0.15) is 38.5 Å². The third kappa shape index (κ3) is 1.93. The Hall–Kier alpha value is -1.04. The molecule has 1 fully saturated rings. The molecule has 0 aromatic carbocycles. The van der Waals surface area contributed by atoms with Crippen molar-refractivity contribution >= 4 is 0 Å². The second kappa shape index (κ2) is 4.45. The van der Waals surface area contributed by atoms with Crippen molar-refractivity contribution in [1.29, 1.82) is 0 Å². The molecule has 0 aliphatic heterocycles. The molecule has 0 spiro atoms. The van der Waals surface area contributed by atoms with E-state index in [9.17, 15) is 0 Å². The molecule has 0 amide bonds. The molecule has 0 nitrogen and oxygen atoms in total. The average molecular weight is 212 g/mol. The van der Waals surface area contributed by atoms with Gasteiger partial charge in [0.1, 0.15) is 0 Å². The van der Waals surface area contributed by atoms with Gasteiger partial charge in [-0.05, 0) is 17.9 Å². The summed E-state index contributed by atoms with van der Waals surface area (Å²) in [5.74, 6) is 1.58. The Balaban J connectivity index is 1.64. The van der Waals surface area contributed by atoms with Crippen molar-refractivity contribution in [1.82, 2.24) is 0 Å². The fourth-order valence-electron chi connectivity index (χ4n) is 3.28. The normalized spacial score (nSPS) is 28.9. The lowest BCUT2D eigenvalue weighted by Gasteiger charge is -2.24. The van der Waals surface area contributed by atoms with Gasteiger partial charge in [-0.25, -0.2) is 0 Å².